The van der Waals surface area contributed by atoms with Gasteiger partial charge in [0.25, 0.3) is 0 Å². The quantitative estimate of drug-likeness (QED) is 0.823. The second-order valence-electron chi connectivity index (χ2n) is 5.86. The van der Waals surface area contributed by atoms with Crippen LogP contribution in [0, 0.1) is 0 Å². The molecule has 6 heteroatoms. The average Bonchev–Trinajstić information content (AvgIpc) is 3.14. The summed E-state index contributed by atoms with van der Waals surface area (Å²) in [4.78, 5) is 18.6. The molecule has 2 aromatic heterocycles. The Balaban J connectivity index is 2.07. The highest BCUT2D eigenvalue weighted by Crippen LogP contribution is 2.19. The number of likely N-dealkylation sites (N-methyl/N-ethyl adjacent to an activating group) is 1. The fraction of sp³-hybridized carbons (Fsp3) is 0.562. The summed E-state index contributed by atoms with van der Waals surface area (Å²) in [5, 5.41) is 3.95. The van der Waals surface area contributed by atoms with Crippen molar-refractivity contribution >= 4 is 5.91 Å². The minimum atomic E-state index is -0.293. The molecule has 22 heavy (non-hydrogen) atoms. The first-order chi connectivity index (χ1) is 10.4. The zero-order valence-electron chi connectivity index (χ0n) is 13.9. The molecule has 0 saturated heterocycles. The monoisotopic (exact) mass is 304 g/mol. The first kappa shape index (κ1) is 16.3. The van der Waals surface area contributed by atoms with Crippen LogP contribution in [0.15, 0.2) is 23.0 Å². The Morgan fingerprint density at radius 1 is 1.41 bits per heavy atom. The zero-order valence-corrected chi connectivity index (χ0v) is 13.9. The second-order valence-corrected chi connectivity index (χ2v) is 5.86. The first-order valence-corrected chi connectivity index (χ1v) is 7.66. The van der Waals surface area contributed by atoms with E-state index in [0.717, 1.165) is 17.9 Å². The third-order valence-electron chi connectivity index (χ3n) is 3.73. The summed E-state index contributed by atoms with van der Waals surface area (Å²) in [6.07, 6.45) is 4.42. The number of rotatable bonds is 6. The predicted octanol–water partition coefficient (Wildman–Crippen LogP) is 2.78. The van der Waals surface area contributed by atoms with Gasteiger partial charge in [-0.3, -0.25) is 4.79 Å². The molecule has 0 aromatic carbocycles. The van der Waals surface area contributed by atoms with E-state index in [4.69, 9.17) is 4.52 Å². The zero-order chi connectivity index (χ0) is 16.3. The highest BCUT2D eigenvalue weighted by atomic mass is 16.5. The van der Waals surface area contributed by atoms with E-state index in [2.05, 4.69) is 24.0 Å². The van der Waals surface area contributed by atoms with Gasteiger partial charge in [0.2, 0.25) is 5.91 Å². The molecule has 1 atom stereocenters. The van der Waals surface area contributed by atoms with Crippen LogP contribution < -0.4 is 0 Å². The van der Waals surface area contributed by atoms with Crippen molar-refractivity contribution in [2.24, 2.45) is 0 Å². The van der Waals surface area contributed by atoms with E-state index in [9.17, 15) is 4.79 Å². The number of nitrogens with zero attached hydrogens (tertiary/aromatic N) is 4. The third-order valence-corrected chi connectivity index (χ3v) is 3.73. The summed E-state index contributed by atoms with van der Waals surface area (Å²) >= 11 is 0. The highest BCUT2D eigenvalue weighted by Gasteiger charge is 2.23. The van der Waals surface area contributed by atoms with E-state index in [0.29, 0.717) is 12.3 Å². The molecule has 0 fully saturated rings. The lowest BCUT2D eigenvalue weighted by Crippen LogP contribution is -2.33. The van der Waals surface area contributed by atoms with E-state index in [1.807, 2.05) is 30.7 Å². The largest absolute Gasteiger partial charge is 0.359 e. The van der Waals surface area contributed by atoms with Gasteiger partial charge in [0, 0.05) is 31.4 Å². The number of amides is 1. The van der Waals surface area contributed by atoms with Gasteiger partial charge in [-0.05, 0) is 13.3 Å². The van der Waals surface area contributed by atoms with Crippen molar-refractivity contribution in [3.63, 3.8) is 0 Å². The van der Waals surface area contributed by atoms with Crippen LogP contribution in [0.3, 0.4) is 0 Å². The van der Waals surface area contributed by atoms with Gasteiger partial charge in [-0.2, -0.15) is 0 Å². The van der Waals surface area contributed by atoms with Crippen molar-refractivity contribution in [3.05, 3.63) is 35.7 Å². The Hall–Kier alpha value is -2.11. The van der Waals surface area contributed by atoms with Gasteiger partial charge >= 0.3 is 0 Å². The predicted molar refractivity (Wildman–Crippen MR) is 83.4 cm³/mol. The van der Waals surface area contributed by atoms with Crippen molar-refractivity contribution in [2.45, 2.75) is 52.6 Å². The van der Waals surface area contributed by atoms with E-state index in [-0.39, 0.29) is 17.9 Å². The van der Waals surface area contributed by atoms with Crippen LogP contribution in [0.25, 0.3) is 0 Å². The summed E-state index contributed by atoms with van der Waals surface area (Å²) in [7, 11) is 1.78. The van der Waals surface area contributed by atoms with Crippen molar-refractivity contribution in [2.75, 3.05) is 7.05 Å². The van der Waals surface area contributed by atoms with Crippen LogP contribution in [0.1, 0.15) is 56.9 Å². The fourth-order valence-electron chi connectivity index (χ4n) is 2.45. The van der Waals surface area contributed by atoms with Crippen LogP contribution in [0.2, 0.25) is 0 Å². The number of aryl methyl sites for hydroxylation is 1. The molecule has 2 rings (SSSR count). The lowest BCUT2D eigenvalue weighted by Gasteiger charge is -2.23. The highest BCUT2D eigenvalue weighted by molar-refractivity contribution is 5.79. The van der Waals surface area contributed by atoms with Crippen LogP contribution in [-0.4, -0.2) is 32.6 Å². The molecule has 0 aliphatic heterocycles. The lowest BCUT2D eigenvalue weighted by molar-refractivity contribution is -0.133. The molecule has 0 radical (unpaired) electrons. The number of hydrogen-bond acceptors (Lipinski definition) is 4. The molecule has 120 valence electrons. The standard InChI is InChI=1S/C16H24N4O2/c1-6-13-9-14(22-18-13)10-19(5)16(21)12(4)20-8-7-17-15(20)11(2)3/h7-9,11-12H,6,10H2,1-5H3/t12-/m1/s1. The summed E-state index contributed by atoms with van der Waals surface area (Å²) < 4.78 is 7.18. The van der Waals surface area contributed by atoms with Gasteiger partial charge in [-0.25, -0.2) is 4.98 Å². The topological polar surface area (TPSA) is 64.2 Å². The SMILES string of the molecule is CCc1cc(CN(C)C(=O)[C@@H](C)n2ccnc2C(C)C)on1. The molecule has 6 nitrogen and oxygen atoms in total. The summed E-state index contributed by atoms with van der Waals surface area (Å²) in [6, 6.07) is 1.60. The third kappa shape index (κ3) is 3.37. The van der Waals surface area contributed by atoms with Gasteiger partial charge in [0.15, 0.2) is 5.76 Å². The van der Waals surface area contributed by atoms with Crippen molar-refractivity contribution in [3.8, 4) is 0 Å². The molecule has 2 heterocycles. The molecule has 0 saturated carbocycles. The van der Waals surface area contributed by atoms with Crippen molar-refractivity contribution in [1.82, 2.24) is 19.6 Å². The van der Waals surface area contributed by atoms with E-state index in [1.165, 1.54) is 0 Å². The van der Waals surface area contributed by atoms with Gasteiger partial charge in [0.05, 0.1) is 12.2 Å². The van der Waals surface area contributed by atoms with Crippen molar-refractivity contribution < 1.29 is 9.32 Å². The van der Waals surface area contributed by atoms with Gasteiger partial charge in [0.1, 0.15) is 11.9 Å². The molecular formula is C16H24N4O2. The molecule has 0 aliphatic rings. The minimum absolute atomic E-state index is 0.0225. The Bertz CT molecular complexity index is 630. The molecule has 0 N–H and O–H groups in total. The van der Waals surface area contributed by atoms with Crippen LogP contribution in [0.4, 0.5) is 0 Å². The van der Waals surface area contributed by atoms with E-state index in [1.54, 1.807) is 18.1 Å². The molecule has 1 amide bonds. The van der Waals surface area contributed by atoms with Crippen molar-refractivity contribution in [1.29, 1.82) is 0 Å². The number of imidazole rings is 1. The lowest BCUT2D eigenvalue weighted by atomic mass is 10.2. The number of hydrogen-bond donors (Lipinski definition) is 0. The minimum Gasteiger partial charge on any atom is -0.359 e. The molecule has 0 aliphatic carbocycles. The normalized spacial score (nSPS) is 12.6. The van der Waals surface area contributed by atoms with Crippen LogP contribution in [-0.2, 0) is 17.8 Å². The molecule has 2 aromatic rings. The molecule has 0 unspecified atom stereocenters. The molecular weight excluding hydrogens is 280 g/mol. The van der Waals surface area contributed by atoms with Crippen LogP contribution >= 0.6 is 0 Å². The Morgan fingerprint density at radius 2 is 2.14 bits per heavy atom. The second kappa shape index (κ2) is 6.77. The number of aromatic nitrogens is 3. The van der Waals surface area contributed by atoms with E-state index < -0.39 is 0 Å². The summed E-state index contributed by atoms with van der Waals surface area (Å²) in [6.45, 7) is 8.47. The number of carbonyl (C=O) groups excluding carboxylic acids is 1. The van der Waals surface area contributed by atoms with Gasteiger partial charge in [-0.1, -0.05) is 25.9 Å². The van der Waals surface area contributed by atoms with E-state index >= 15 is 0 Å². The summed E-state index contributed by atoms with van der Waals surface area (Å²) in [5.74, 6) is 1.92. The maximum absolute atomic E-state index is 12.6. The average molecular weight is 304 g/mol. The molecule has 0 bridgehead atoms. The Labute approximate surface area is 131 Å². The van der Waals surface area contributed by atoms with Crippen LogP contribution in [0.5, 0.6) is 0 Å². The summed E-state index contributed by atoms with van der Waals surface area (Å²) in [5.41, 5.74) is 0.903. The Kier molecular flexibility index (Phi) is 5.00. The smallest absolute Gasteiger partial charge is 0.245 e. The molecule has 0 spiro atoms. The van der Waals surface area contributed by atoms with Gasteiger partial charge in [-0.15, -0.1) is 0 Å². The Morgan fingerprint density at radius 3 is 2.73 bits per heavy atom. The fourth-order valence-corrected chi connectivity index (χ4v) is 2.45. The maximum atomic E-state index is 12.6. The maximum Gasteiger partial charge on any atom is 0.245 e. The van der Waals surface area contributed by atoms with Gasteiger partial charge < -0.3 is 14.0 Å². The number of carbonyl (C=O) groups is 1. The first-order valence-electron chi connectivity index (χ1n) is 7.66.